The number of nitrogens with zero attached hydrogens (tertiary/aromatic N) is 2. The molecule has 1 N–H and O–H groups in total. The van der Waals surface area contributed by atoms with Crippen molar-refractivity contribution in [1.29, 1.82) is 0 Å². The summed E-state index contributed by atoms with van der Waals surface area (Å²) >= 11 is 0. The molecule has 1 atom stereocenters. The Morgan fingerprint density at radius 3 is 2.64 bits per heavy atom. The number of nitrogens with one attached hydrogen (secondary N) is 1. The predicted octanol–water partition coefficient (Wildman–Crippen LogP) is 3.16. The van der Waals surface area contributed by atoms with E-state index in [1.807, 2.05) is 6.92 Å². The summed E-state index contributed by atoms with van der Waals surface area (Å²) in [6.07, 6.45) is -3.77. The van der Waals surface area contributed by atoms with Crippen LogP contribution in [0.25, 0.3) is 0 Å². The molecule has 8 heteroatoms. The van der Waals surface area contributed by atoms with Crippen LogP contribution < -0.4 is 10.9 Å². The molecule has 5 nitrogen and oxygen atoms in total. The molecular formula is C17H18F3N3O2. The van der Waals surface area contributed by atoms with Crippen molar-refractivity contribution in [1.82, 2.24) is 15.1 Å². The lowest BCUT2D eigenvalue weighted by molar-refractivity contribution is -0.137. The van der Waals surface area contributed by atoms with E-state index in [4.69, 9.17) is 0 Å². The largest absolute Gasteiger partial charge is 0.416 e. The van der Waals surface area contributed by atoms with E-state index in [1.165, 1.54) is 28.9 Å². The first-order valence-electron chi connectivity index (χ1n) is 7.78. The van der Waals surface area contributed by atoms with E-state index in [1.54, 1.807) is 6.92 Å². The summed E-state index contributed by atoms with van der Waals surface area (Å²) in [6.45, 7) is 3.83. The molecule has 1 amide bonds. The van der Waals surface area contributed by atoms with Crippen LogP contribution in [-0.2, 0) is 12.7 Å². The average molecular weight is 353 g/mol. The molecule has 25 heavy (non-hydrogen) atoms. The Balaban J connectivity index is 2.18. The van der Waals surface area contributed by atoms with Crippen LogP contribution in [-0.4, -0.2) is 15.7 Å². The van der Waals surface area contributed by atoms with Crippen molar-refractivity contribution >= 4 is 5.91 Å². The summed E-state index contributed by atoms with van der Waals surface area (Å²) in [5, 5.41) is 6.57. The molecule has 1 aromatic heterocycles. The van der Waals surface area contributed by atoms with Gasteiger partial charge in [-0.2, -0.15) is 18.3 Å². The molecule has 0 aliphatic heterocycles. The van der Waals surface area contributed by atoms with E-state index in [2.05, 4.69) is 10.4 Å². The molecule has 0 fully saturated rings. The fraction of sp³-hybridized carbons (Fsp3) is 0.353. The topological polar surface area (TPSA) is 64.0 Å². The highest BCUT2D eigenvalue weighted by Gasteiger charge is 2.30. The van der Waals surface area contributed by atoms with Gasteiger partial charge in [0.25, 0.3) is 11.5 Å². The zero-order valence-electron chi connectivity index (χ0n) is 13.8. The maximum Gasteiger partial charge on any atom is 0.416 e. The Morgan fingerprint density at radius 1 is 1.28 bits per heavy atom. The molecule has 0 radical (unpaired) electrons. The van der Waals surface area contributed by atoms with Gasteiger partial charge in [-0.15, -0.1) is 0 Å². The fourth-order valence-corrected chi connectivity index (χ4v) is 2.28. The molecule has 134 valence electrons. The lowest BCUT2D eigenvalue weighted by Crippen LogP contribution is -2.31. The van der Waals surface area contributed by atoms with Gasteiger partial charge in [0.2, 0.25) is 0 Å². The molecule has 0 aliphatic rings. The van der Waals surface area contributed by atoms with Crippen LogP contribution >= 0.6 is 0 Å². The lowest BCUT2D eigenvalue weighted by atomic mass is 10.0. The Kier molecular flexibility index (Phi) is 5.61. The van der Waals surface area contributed by atoms with Gasteiger partial charge in [0.15, 0.2) is 0 Å². The first-order valence-corrected chi connectivity index (χ1v) is 7.78. The Bertz CT molecular complexity index is 815. The second-order valence-electron chi connectivity index (χ2n) is 5.60. The van der Waals surface area contributed by atoms with Crippen molar-refractivity contribution in [2.24, 2.45) is 0 Å². The number of alkyl halides is 3. The number of rotatable bonds is 5. The maximum absolute atomic E-state index is 12.8. The number of aromatic nitrogens is 2. The molecule has 1 heterocycles. The van der Waals surface area contributed by atoms with E-state index in [9.17, 15) is 22.8 Å². The van der Waals surface area contributed by atoms with Crippen molar-refractivity contribution < 1.29 is 18.0 Å². The Morgan fingerprint density at radius 2 is 2.00 bits per heavy atom. The van der Waals surface area contributed by atoms with E-state index in [0.717, 1.165) is 12.1 Å². The molecule has 2 aromatic rings. The second kappa shape index (κ2) is 7.50. The first-order chi connectivity index (χ1) is 11.7. The number of hydrogen-bond donors (Lipinski definition) is 1. The highest BCUT2D eigenvalue weighted by molar-refractivity contribution is 5.92. The smallest absolute Gasteiger partial charge is 0.344 e. The number of carbonyl (C=O) groups excluding carboxylic acids is 1. The van der Waals surface area contributed by atoms with Crippen LogP contribution in [0, 0.1) is 0 Å². The third kappa shape index (κ3) is 4.68. The number of hydrogen-bond acceptors (Lipinski definition) is 3. The van der Waals surface area contributed by atoms with E-state index < -0.39 is 23.7 Å². The Hall–Kier alpha value is -2.64. The number of amides is 1. The standard InChI is InChI=1S/C17H18F3N3O2/c1-3-9-23-15(24)8-7-14(22-23)16(25)21-11(2)12-5-4-6-13(10-12)17(18,19)20/h4-8,10-11H,3,9H2,1-2H3,(H,21,25). The minimum atomic E-state index is -4.45. The van der Waals surface area contributed by atoms with Crippen molar-refractivity contribution in [3.05, 3.63) is 63.6 Å². The van der Waals surface area contributed by atoms with Crippen LogP contribution in [0.4, 0.5) is 13.2 Å². The second-order valence-corrected chi connectivity index (χ2v) is 5.60. The normalized spacial score (nSPS) is 12.7. The molecule has 0 bridgehead atoms. The zero-order valence-corrected chi connectivity index (χ0v) is 13.8. The third-order valence-electron chi connectivity index (χ3n) is 3.60. The molecule has 2 rings (SSSR count). The third-order valence-corrected chi connectivity index (χ3v) is 3.60. The molecule has 0 spiro atoms. The van der Waals surface area contributed by atoms with Gasteiger partial charge < -0.3 is 5.32 Å². The van der Waals surface area contributed by atoms with Crippen molar-refractivity contribution in [2.45, 2.75) is 39.0 Å². The van der Waals surface area contributed by atoms with Gasteiger partial charge in [0, 0.05) is 12.6 Å². The van der Waals surface area contributed by atoms with Crippen LogP contribution in [0.3, 0.4) is 0 Å². The molecule has 1 aromatic carbocycles. The number of carbonyl (C=O) groups is 1. The highest BCUT2D eigenvalue weighted by Crippen LogP contribution is 2.30. The van der Waals surface area contributed by atoms with Gasteiger partial charge in [0.1, 0.15) is 5.69 Å². The number of halogens is 3. The van der Waals surface area contributed by atoms with E-state index >= 15 is 0 Å². The predicted molar refractivity (Wildman–Crippen MR) is 86.1 cm³/mol. The molecular weight excluding hydrogens is 335 g/mol. The number of aryl methyl sites for hydroxylation is 1. The van der Waals surface area contributed by atoms with Crippen LogP contribution in [0.5, 0.6) is 0 Å². The van der Waals surface area contributed by atoms with Gasteiger partial charge in [-0.1, -0.05) is 19.1 Å². The summed E-state index contributed by atoms with van der Waals surface area (Å²) in [4.78, 5) is 23.9. The molecule has 0 aliphatic carbocycles. The quantitative estimate of drug-likeness (QED) is 0.898. The Labute approximate surface area is 142 Å². The van der Waals surface area contributed by atoms with Crippen LogP contribution in [0.2, 0.25) is 0 Å². The number of benzene rings is 1. The molecule has 0 saturated heterocycles. The zero-order chi connectivity index (χ0) is 18.6. The molecule has 1 unspecified atom stereocenters. The fourth-order valence-electron chi connectivity index (χ4n) is 2.28. The summed E-state index contributed by atoms with van der Waals surface area (Å²) in [6, 6.07) is 6.65. The van der Waals surface area contributed by atoms with Gasteiger partial charge in [0.05, 0.1) is 11.6 Å². The summed E-state index contributed by atoms with van der Waals surface area (Å²) in [5.41, 5.74) is -0.734. The SMILES string of the molecule is CCCn1nc(C(=O)NC(C)c2cccc(C(F)(F)F)c2)ccc1=O. The van der Waals surface area contributed by atoms with Crippen molar-refractivity contribution in [2.75, 3.05) is 0 Å². The van der Waals surface area contributed by atoms with E-state index in [0.29, 0.717) is 18.5 Å². The van der Waals surface area contributed by atoms with E-state index in [-0.39, 0.29) is 11.3 Å². The van der Waals surface area contributed by atoms with Gasteiger partial charge >= 0.3 is 6.18 Å². The molecule has 0 saturated carbocycles. The first kappa shape index (κ1) is 18.7. The minimum absolute atomic E-state index is 0.0341. The summed E-state index contributed by atoms with van der Waals surface area (Å²) in [7, 11) is 0. The average Bonchev–Trinajstić information content (AvgIpc) is 2.56. The highest BCUT2D eigenvalue weighted by atomic mass is 19.4. The van der Waals surface area contributed by atoms with Crippen LogP contribution in [0.15, 0.2) is 41.2 Å². The maximum atomic E-state index is 12.8. The van der Waals surface area contributed by atoms with Crippen molar-refractivity contribution in [3.8, 4) is 0 Å². The van der Waals surface area contributed by atoms with Crippen molar-refractivity contribution in [3.63, 3.8) is 0 Å². The summed E-state index contributed by atoms with van der Waals surface area (Å²) in [5.74, 6) is -0.560. The van der Waals surface area contributed by atoms with Gasteiger partial charge in [-0.3, -0.25) is 9.59 Å². The summed E-state index contributed by atoms with van der Waals surface area (Å²) < 4.78 is 39.5. The minimum Gasteiger partial charge on any atom is -0.344 e. The monoisotopic (exact) mass is 353 g/mol. The van der Waals surface area contributed by atoms with Gasteiger partial charge in [-0.05, 0) is 37.1 Å². The lowest BCUT2D eigenvalue weighted by Gasteiger charge is -2.16. The van der Waals surface area contributed by atoms with Gasteiger partial charge in [-0.25, -0.2) is 4.68 Å². The van der Waals surface area contributed by atoms with Crippen LogP contribution in [0.1, 0.15) is 47.9 Å².